The van der Waals surface area contributed by atoms with E-state index in [1.807, 2.05) is 136 Å². The molecule has 7 N–H and O–H groups in total. The average molecular weight is 1490 g/mol. The van der Waals surface area contributed by atoms with Crippen LogP contribution in [0.15, 0.2) is 0 Å². The van der Waals surface area contributed by atoms with Gasteiger partial charge < -0.3 is 45.5 Å². The first kappa shape index (κ1) is 54.3. The minimum Gasteiger partial charge on any atom is -0.396 e. The number of carbonyl (C=O) groups is 6. The fraction of sp³-hybridized carbons (Fsp3) is 0.514. The summed E-state index contributed by atoms with van der Waals surface area (Å²) in [6.45, 7) is -0.934. The average Bonchev–Trinajstić information content (AvgIpc) is 3.16. The van der Waals surface area contributed by atoms with Crippen LogP contribution in [0.2, 0.25) is 0 Å². The van der Waals surface area contributed by atoms with Crippen LogP contribution in [0, 0.1) is 33.3 Å². The molecule has 21 heteroatoms. The summed E-state index contributed by atoms with van der Waals surface area (Å²) in [6.07, 6.45) is -1.96. The highest BCUT2D eigenvalue weighted by Gasteiger charge is 2.35. The molecular formula is C37H44I6N2O13. The maximum absolute atomic E-state index is 13.8. The van der Waals surface area contributed by atoms with Crippen LogP contribution < -0.4 is 9.80 Å². The second-order valence-corrected chi connectivity index (χ2v) is 19.7. The summed E-state index contributed by atoms with van der Waals surface area (Å²) < 4.78 is 1.67. The standard InChI is InChI=1S/C37H44I6N2O13/c1-17(52)44(36-32(40)26(22(55)5-3-7-46)30(38)28(34(36)42)24(57)9-19(13-48)14-49)11-21(54)12-45(18(2)53)37-33(41)27(23(56)6-4-8-47)31(39)29(35(37)43)25(58)10-20(15-50)16-51/h19-21,46-51,54H,3-16H2,1-2H3. The van der Waals surface area contributed by atoms with Crippen molar-refractivity contribution in [1.82, 2.24) is 0 Å². The van der Waals surface area contributed by atoms with Crippen molar-refractivity contribution in [1.29, 1.82) is 0 Å². The fourth-order valence-corrected chi connectivity index (χ4v) is 15.7. The highest BCUT2D eigenvalue weighted by Crippen LogP contribution is 2.42. The van der Waals surface area contributed by atoms with E-state index in [9.17, 15) is 64.5 Å². The number of aliphatic hydroxyl groups excluding tert-OH is 7. The molecule has 0 radical (unpaired) electrons. The molecule has 2 rings (SSSR count). The number of hydrogen-bond acceptors (Lipinski definition) is 13. The van der Waals surface area contributed by atoms with E-state index in [0.29, 0.717) is 0 Å². The number of carbonyl (C=O) groups excluding carboxylic acids is 6. The normalized spacial score (nSPS) is 11.5. The number of rotatable bonds is 24. The van der Waals surface area contributed by atoms with Gasteiger partial charge in [0.2, 0.25) is 11.8 Å². The highest BCUT2D eigenvalue weighted by atomic mass is 127. The molecule has 0 aromatic heterocycles. The van der Waals surface area contributed by atoms with E-state index in [-0.39, 0.29) is 107 Å². The summed E-state index contributed by atoms with van der Waals surface area (Å²) in [5.41, 5.74) is 0.649. The SMILES string of the molecule is CC(=O)N(CC(O)CN(C(C)=O)c1c(I)c(C(=O)CCCO)c(I)c(C(=O)CC(CO)CO)c1I)c1c(I)c(C(=O)CCCO)c(I)c(C(=O)CC(CO)CO)c1I. The van der Waals surface area contributed by atoms with Crippen LogP contribution in [0.4, 0.5) is 11.4 Å². The van der Waals surface area contributed by atoms with Crippen LogP contribution in [-0.4, -0.2) is 130 Å². The lowest BCUT2D eigenvalue weighted by Gasteiger charge is -2.32. The van der Waals surface area contributed by atoms with Crippen LogP contribution >= 0.6 is 136 Å². The minimum atomic E-state index is -1.51. The number of anilines is 2. The summed E-state index contributed by atoms with van der Waals surface area (Å²) in [5, 5.41) is 69.5. The molecule has 0 aliphatic heterocycles. The molecule has 15 nitrogen and oxygen atoms in total. The Morgan fingerprint density at radius 2 is 0.759 bits per heavy atom. The van der Waals surface area contributed by atoms with Gasteiger partial charge in [-0.25, -0.2) is 0 Å². The zero-order valence-electron chi connectivity index (χ0n) is 31.4. The number of benzene rings is 2. The van der Waals surface area contributed by atoms with Crippen LogP contribution in [-0.2, 0) is 9.59 Å². The fourth-order valence-electron chi connectivity index (χ4n) is 5.82. The summed E-state index contributed by atoms with van der Waals surface area (Å²) >= 11 is 11.3. The van der Waals surface area contributed by atoms with Crippen molar-refractivity contribution >= 4 is 182 Å². The van der Waals surface area contributed by atoms with Gasteiger partial charge in [0, 0.05) is 135 Å². The summed E-state index contributed by atoms with van der Waals surface area (Å²) in [5.74, 6) is -4.62. The van der Waals surface area contributed by atoms with Crippen molar-refractivity contribution in [3.63, 3.8) is 0 Å². The molecule has 2 amide bonds. The van der Waals surface area contributed by atoms with Gasteiger partial charge in [-0.05, 0) is 148 Å². The Morgan fingerprint density at radius 3 is 1.00 bits per heavy atom. The first-order valence-electron chi connectivity index (χ1n) is 17.7. The van der Waals surface area contributed by atoms with E-state index >= 15 is 0 Å². The molecule has 0 fully saturated rings. The van der Waals surface area contributed by atoms with Crippen LogP contribution in [0.3, 0.4) is 0 Å². The van der Waals surface area contributed by atoms with Crippen LogP contribution in [0.25, 0.3) is 0 Å². The number of ketones is 4. The van der Waals surface area contributed by atoms with Gasteiger partial charge in [0.25, 0.3) is 0 Å². The second-order valence-electron chi connectivity index (χ2n) is 13.2. The quantitative estimate of drug-likeness (QED) is 0.0572. The van der Waals surface area contributed by atoms with Gasteiger partial charge in [0.05, 0.1) is 30.6 Å². The third-order valence-electron chi connectivity index (χ3n) is 8.89. The molecule has 2 aromatic rings. The molecule has 0 aliphatic carbocycles. The zero-order chi connectivity index (χ0) is 44.2. The number of Topliss-reactive ketones (excluding diaryl/α,β-unsaturated/α-hetero) is 4. The summed E-state index contributed by atoms with van der Waals surface area (Å²) in [6, 6.07) is 0. The number of nitrogens with zero attached hydrogens (tertiary/aromatic N) is 2. The predicted octanol–water partition coefficient (Wildman–Crippen LogP) is 4.34. The molecule has 58 heavy (non-hydrogen) atoms. The maximum atomic E-state index is 13.8. The Labute approximate surface area is 417 Å². The predicted molar refractivity (Wildman–Crippen MR) is 266 cm³/mol. The Kier molecular flexibility index (Phi) is 24.4. The lowest BCUT2D eigenvalue weighted by Crippen LogP contribution is -2.45. The Balaban J connectivity index is 2.86. The zero-order valence-corrected chi connectivity index (χ0v) is 44.3. The van der Waals surface area contributed by atoms with Crippen molar-refractivity contribution in [2.75, 3.05) is 62.5 Å². The van der Waals surface area contributed by atoms with Crippen molar-refractivity contribution in [3.05, 3.63) is 43.7 Å². The van der Waals surface area contributed by atoms with Crippen molar-refractivity contribution < 1.29 is 64.5 Å². The van der Waals surface area contributed by atoms with E-state index in [2.05, 4.69) is 0 Å². The topological polar surface area (TPSA) is 251 Å². The molecule has 2 aromatic carbocycles. The van der Waals surface area contributed by atoms with Gasteiger partial charge in [-0.1, -0.05) is 0 Å². The minimum absolute atomic E-state index is 0.0742. The van der Waals surface area contributed by atoms with Gasteiger partial charge in [-0.15, -0.1) is 0 Å². The molecule has 0 aliphatic rings. The van der Waals surface area contributed by atoms with Crippen LogP contribution in [0.1, 0.15) is 93.8 Å². The number of halogens is 6. The Morgan fingerprint density at radius 1 is 0.483 bits per heavy atom. The van der Waals surface area contributed by atoms with Crippen LogP contribution in [0.5, 0.6) is 0 Å². The lowest BCUT2D eigenvalue weighted by molar-refractivity contribution is -0.117. The van der Waals surface area contributed by atoms with Gasteiger partial charge in [0.15, 0.2) is 23.1 Å². The molecule has 0 heterocycles. The van der Waals surface area contributed by atoms with Gasteiger partial charge >= 0.3 is 0 Å². The van der Waals surface area contributed by atoms with E-state index < -0.39 is 92.4 Å². The third kappa shape index (κ3) is 13.6. The molecule has 0 bridgehead atoms. The smallest absolute Gasteiger partial charge is 0.224 e. The molecule has 322 valence electrons. The number of amides is 2. The Hall–Kier alpha value is 0.160. The van der Waals surface area contributed by atoms with Gasteiger partial charge in [-0.3, -0.25) is 28.8 Å². The number of aliphatic hydroxyl groups is 7. The first-order chi connectivity index (χ1) is 27.3. The Bertz CT molecular complexity index is 1740. The van der Waals surface area contributed by atoms with E-state index in [1.54, 1.807) is 0 Å². The second kappa shape index (κ2) is 26.1. The number of hydrogen-bond donors (Lipinski definition) is 7. The van der Waals surface area contributed by atoms with E-state index in [0.717, 1.165) is 0 Å². The molecule has 0 spiro atoms. The molecular weight excluding hydrogens is 1440 g/mol. The summed E-state index contributed by atoms with van der Waals surface area (Å²) in [4.78, 5) is 84.1. The lowest BCUT2D eigenvalue weighted by atomic mass is 9.95. The molecule has 0 saturated heterocycles. The molecule has 0 saturated carbocycles. The largest absolute Gasteiger partial charge is 0.396 e. The van der Waals surface area contributed by atoms with Gasteiger partial charge in [-0.2, -0.15) is 0 Å². The summed E-state index contributed by atoms with van der Waals surface area (Å²) in [7, 11) is 0. The van der Waals surface area contributed by atoms with Crippen molar-refractivity contribution in [3.8, 4) is 0 Å². The monoisotopic (exact) mass is 1490 g/mol. The van der Waals surface area contributed by atoms with E-state index in [1.165, 1.54) is 23.6 Å². The van der Waals surface area contributed by atoms with Gasteiger partial charge in [0.1, 0.15) is 0 Å². The third-order valence-corrected chi connectivity index (χ3v) is 15.3. The van der Waals surface area contributed by atoms with Crippen molar-refractivity contribution in [2.24, 2.45) is 11.8 Å². The maximum Gasteiger partial charge on any atom is 0.224 e. The molecule has 0 unspecified atom stereocenters. The first-order valence-corrected chi connectivity index (χ1v) is 24.2. The van der Waals surface area contributed by atoms with E-state index in [4.69, 9.17) is 0 Å². The molecule has 0 atom stereocenters. The van der Waals surface area contributed by atoms with Crippen molar-refractivity contribution in [2.45, 2.75) is 58.5 Å². The highest BCUT2D eigenvalue weighted by molar-refractivity contribution is 14.1.